The van der Waals surface area contributed by atoms with Gasteiger partial charge < -0.3 is 10.6 Å². The fraction of sp³-hybridized carbons (Fsp3) is 0.167. The van der Waals surface area contributed by atoms with Crippen molar-refractivity contribution in [3.63, 3.8) is 0 Å². The number of nitrogen functional groups attached to an aromatic ring is 1. The van der Waals surface area contributed by atoms with E-state index in [-0.39, 0.29) is 5.56 Å². The summed E-state index contributed by atoms with van der Waals surface area (Å²) in [6.07, 6.45) is 3.74. The first kappa shape index (κ1) is 19.3. The Morgan fingerprint density at radius 3 is 2.82 bits per heavy atom. The molecule has 0 saturated heterocycles. The summed E-state index contributed by atoms with van der Waals surface area (Å²) in [6, 6.07) is 15.7. The molecule has 9 heteroatoms. The number of amides is 1. The Balaban J connectivity index is 1.64. The van der Waals surface area contributed by atoms with Crippen molar-refractivity contribution >= 4 is 28.8 Å². The van der Waals surface area contributed by atoms with Crippen LogP contribution in [0.2, 0.25) is 0 Å². The maximum atomic E-state index is 13.8. The summed E-state index contributed by atoms with van der Waals surface area (Å²) in [6.45, 7) is 0.861. The Hall–Kier alpha value is -4.40. The molecule has 0 fully saturated rings. The van der Waals surface area contributed by atoms with E-state index in [1.807, 2.05) is 47.1 Å². The molecule has 164 valence electrons. The molecular formula is C24H21N7O2. The Labute approximate surface area is 188 Å². The Kier molecular flexibility index (Phi) is 4.29. The number of rotatable bonds is 4. The number of H-pyrrole nitrogens is 1. The lowest BCUT2D eigenvalue weighted by atomic mass is 10.0. The first-order valence-electron chi connectivity index (χ1n) is 10.7. The number of benzene rings is 2. The number of anilines is 1. The van der Waals surface area contributed by atoms with Crippen molar-refractivity contribution < 1.29 is 4.79 Å². The minimum absolute atomic E-state index is 0.0929. The van der Waals surface area contributed by atoms with Crippen LogP contribution in [0.3, 0.4) is 0 Å². The fourth-order valence-corrected chi connectivity index (χ4v) is 4.67. The molecule has 1 aliphatic heterocycles. The molecule has 0 aliphatic carbocycles. The van der Waals surface area contributed by atoms with Crippen LogP contribution in [0.15, 0.2) is 59.5 Å². The number of aromatic amines is 1. The Morgan fingerprint density at radius 1 is 1.15 bits per heavy atom. The van der Waals surface area contributed by atoms with Gasteiger partial charge in [-0.25, -0.2) is 4.52 Å². The maximum Gasteiger partial charge on any atom is 0.261 e. The predicted octanol–water partition coefficient (Wildman–Crippen LogP) is 2.05. The number of hydrogen-bond donors (Lipinski definition) is 2. The van der Waals surface area contributed by atoms with Gasteiger partial charge >= 0.3 is 0 Å². The number of hydrogen-bond acceptors (Lipinski definition) is 5. The predicted molar refractivity (Wildman–Crippen MR) is 124 cm³/mol. The monoisotopic (exact) mass is 439 g/mol. The quantitative estimate of drug-likeness (QED) is 0.416. The van der Waals surface area contributed by atoms with E-state index in [4.69, 9.17) is 5.73 Å². The first-order valence-corrected chi connectivity index (χ1v) is 10.7. The smallest absolute Gasteiger partial charge is 0.261 e. The van der Waals surface area contributed by atoms with Crippen LogP contribution >= 0.6 is 0 Å². The molecule has 4 heterocycles. The molecule has 0 unspecified atom stereocenters. The molecule has 2 aromatic carbocycles. The van der Waals surface area contributed by atoms with Crippen LogP contribution < -0.4 is 11.3 Å². The van der Waals surface area contributed by atoms with Crippen molar-refractivity contribution in [1.82, 2.24) is 29.3 Å². The van der Waals surface area contributed by atoms with Gasteiger partial charge in [-0.05, 0) is 30.2 Å². The lowest BCUT2D eigenvalue weighted by Gasteiger charge is -2.26. The Bertz CT molecular complexity index is 1580. The van der Waals surface area contributed by atoms with Crippen LogP contribution in [0, 0.1) is 0 Å². The Morgan fingerprint density at radius 2 is 2.00 bits per heavy atom. The summed E-state index contributed by atoms with van der Waals surface area (Å²) < 4.78 is 3.54. The van der Waals surface area contributed by atoms with Crippen LogP contribution in [0.25, 0.3) is 22.2 Å². The standard InChI is InChI=1S/C24H21N7O2/c25-22-18-7-6-17(11-20(18)27-28-22)30-23-16(10-15-4-2-1-3-5-15)12-26-31(23)21-13-29(14-32)9-8-19(21)24(30)33/h1-7,11-12,14H,8-10,13H2,(H3,25,27,28). The minimum Gasteiger partial charge on any atom is -0.382 e. The van der Waals surface area contributed by atoms with Gasteiger partial charge in [0, 0.05) is 29.5 Å². The van der Waals surface area contributed by atoms with Gasteiger partial charge in [-0.1, -0.05) is 30.3 Å². The third-order valence-corrected chi connectivity index (χ3v) is 6.32. The van der Waals surface area contributed by atoms with Gasteiger partial charge in [0.25, 0.3) is 5.56 Å². The molecule has 0 spiro atoms. The molecule has 0 radical (unpaired) electrons. The van der Waals surface area contributed by atoms with E-state index < -0.39 is 0 Å². The molecule has 3 aromatic heterocycles. The summed E-state index contributed by atoms with van der Waals surface area (Å²) in [5.41, 5.74) is 11.5. The van der Waals surface area contributed by atoms with Crippen molar-refractivity contribution in [3.8, 4) is 5.69 Å². The van der Waals surface area contributed by atoms with Crippen molar-refractivity contribution in [2.24, 2.45) is 0 Å². The van der Waals surface area contributed by atoms with Gasteiger partial charge in [-0.15, -0.1) is 0 Å². The maximum absolute atomic E-state index is 13.8. The highest BCUT2D eigenvalue weighted by molar-refractivity contribution is 5.90. The molecule has 0 bridgehead atoms. The number of nitrogens with one attached hydrogen (secondary N) is 1. The first-order chi connectivity index (χ1) is 16.1. The van der Waals surface area contributed by atoms with E-state index in [0.717, 1.165) is 34.1 Å². The molecule has 0 atom stereocenters. The highest BCUT2D eigenvalue weighted by Crippen LogP contribution is 2.26. The molecule has 6 rings (SSSR count). The zero-order valence-corrected chi connectivity index (χ0v) is 17.7. The molecular weight excluding hydrogens is 418 g/mol. The third kappa shape index (κ3) is 3.00. The number of carbonyl (C=O) groups is 1. The lowest BCUT2D eigenvalue weighted by molar-refractivity contribution is -0.119. The van der Waals surface area contributed by atoms with E-state index >= 15 is 0 Å². The van der Waals surface area contributed by atoms with Gasteiger partial charge in [-0.3, -0.25) is 19.3 Å². The SMILES string of the molecule is Nc1n[nH]c2cc(-n3c(=O)c4c(n5ncc(Cc6ccccc6)c35)CN(C=O)CC4)ccc12. The summed E-state index contributed by atoms with van der Waals surface area (Å²) in [5.74, 6) is 0.419. The lowest BCUT2D eigenvalue weighted by Crippen LogP contribution is -2.37. The van der Waals surface area contributed by atoms with Crippen LogP contribution in [-0.2, 0) is 24.2 Å². The zero-order chi connectivity index (χ0) is 22.5. The highest BCUT2D eigenvalue weighted by Gasteiger charge is 2.26. The van der Waals surface area contributed by atoms with Crippen molar-refractivity contribution in [1.29, 1.82) is 0 Å². The normalized spacial score (nSPS) is 13.5. The third-order valence-electron chi connectivity index (χ3n) is 6.32. The number of fused-ring (bicyclic) bond motifs is 4. The molecule has 0 saturated carbocycles. The average Bonchev–Trinajstić information content (AvgIpc) is 3.43. The second kappa shape index (κ2) is 7.33. The minimum atomic E-state index is -0.0929. The number of nitrogens with two attached hydrogens (primary N) is 1. The number of carbonyl (C=O) groups excluding carboxylic acids is 1. The van der Waals surface area contributed by atoms with E-state index in [9.17, 15) is 9.59 Å². The molecule has 9 nitrogen and oxygen atoms in total. The largest absolute Gasteiger partial charge is 0.382 e. The topological polar surface area (TPSA) is 114 Å². The summed E-state index contributed by atoms with van der Waals surface area (Å²) >= 11 is 0. The highest BCUT2D eigenvalue weighted by atomic mass is 16.1. The second-order valence-corrected chi connectivity index (χ2v) is 8.30. The second-order valence-electron chi connectivity index (χ2n) is 8.30. The van der Waals surface area contributed by atoms with E-state index in [0.29, 0.717) is 48.6 Å². The molecule has 1 amide bonds. The van der Waals surface area contributed by atoms with Gasteiger partial charge in [0.2, 0.25) is 6.41 Å². The fourth-order valence-electron chi connectivity index (χ4n) is 4.67. The molecule has 5 aromatic rings. The molecule has 1 aliphatic rings. The number of nitrogens with zero attached hydrogens (tertiary/aromatic N) is 5. The van der Waals surface area contributed by atoms with Crippen LogP contribution in [0.5, 0.6) is 0 Å². The summed E-state index contributed by atoms with van der Waals surface area (Å²) in [4.78, 5) is 26.9. The molecule has 33 heavy (non-hydrogen) atoms. The van der Waals surface area contributed by atoms with Crippen molar-refractivity contribution in [3.05, 3.63) is 87.5 Å². The number of aromatic nitrogens is 5. The van der Waals surface area contributed by atoms with E-state index in [1.54, 1.807) is 9.47 Å². The van der Waals surface area contributed by atoms with E-state index in [2.05, 4.69) is 27.4 Å². The van der Waals surface area contributed by atoms with Crippen LogP contribution in [0.1, 0.15) is 22.4 Å². The van der Waals surface area contributed by atoms with Gasteiger partial charge in [0.05, 0.1) is 29.6 Å². The summed E-state index contributed by atoms with van der Waals surface area (Å²) in [5, 5.41) is 12.5. The van der Waals surface area contributed by atoms with Gasteiger partial charge in [0.1, 0.15) is 5.65 Å². The molecule has 3 N–H and O–H groups in total. The van der Waals surface area contributed by atoms with E-state index in [1.165, 1.54) is 0 Å². The van der Waals surface area contributed by atoms with Crippen LogP contribution in [-0.4, -0.2) is 42.2 Å². The van der Waals surface area contributed by atoms with Crippen LogP contribution in [0.4, 0.5) is 5.82 Å². The van der Waals surface area contributed by atoms with Gasteiger partial charge in [-0.2, -0.15) is 10.2 Å². The average molecular weight is 439 g/mol. The van der Waals surface area contributed by atoms with Gasteiger partial charge in [0.15, 0.2) is 5.82 Å². The summed E-state index contributed by atoms with van der Waals surface area (Å²) in [7, 11) is 0. The van der Waals surface area contributed by atoms with Crippen molar-refractivity contribution in [2.45, 2.75) is 19.4 Å². The van der Waals surface area contributed by atoms with Crippen molar-refractivity contribution in [2.75, 3.05) is 12.3 Å². The zero-order valence-electron chi connectivity index (χ0n) is 17.7.